The summed E-state index contributed by atoms with van der Waals surface area (Å²) in [6, 6.07) is 12.1. The molecule has 2 aromatic carbocycles. The van der Waals surface area contributed by atoms with Crippen molar-refractivity contribution in [2.45, 2.75) is 0 Å². The number of nitriles is 1. The molecular weight excluding hydrogens is 348 g/mol. The number of rotatable bonds is 7. The highest BCUT2D eigenvalue weighted by Crippen LogP contribution is 2.40. The van der Waals surface area contributed by atoms with Gasteiger partial charge in [0.2, 0.25) is 5.75 Å². The third-order valence-electron chi connectivity index (χ3n) is 3.73. The van der Waals surface area contributed by atoms with E-state index in [1.165, 1.54) is 34.5 Å². The zero-order valence-electron chi connectivity index (χ0n) is 15.5. The molecule has 0 aliphatic rings. The first kappa shape index (κ1) is 19.7. The Morgan fingerprint density at radius 2 is 1.74 bits per heavy atom. The summed E-state index contributed by atoms with van der Waals surface area (Å²) >= 11 is 0. The third kappa shape index (κ3) is 4.50. The Bertz CT molecular complexity index is 900. The molecule has 0 radical (unpaired) electrons. The molecule has 0 saturated carbocycles. The first-order chi connectivity index (χ1) is 13.1. The lowest BCUT2D eigenvalue weighted by atomic mass is 10.1. The summed E-state index contributed by atoms with van der Waals surface area (Å²) in [4.78, 5) is 12.5. The molecule has 0 aliphatic carbocycles. The van der Waals surface area contributed by atoms with Crippen LogP contribution in [0.15, 0.2) is 42.0 Å². The van der Waals surface area contributed by atoms with E-state index in [1.807, 2.05) is 6.07 Å². The molecule has 2 aromatic rings. The van der Waals surface area contributed by atoms with E-state index in [-0.39, 0.29) is 5.57 Å². The molecule has 140 valence electrons. The van der Waals surface area contributed by atoms with E-state index < -0.39 is 5.91 Å². The Balaban J connectivity index is 2.37. The van der Waals surface area contributed by atoms with Gasteiger partial charge in [0.1, 0.15) is 17.4 Å². The highest BCUT2D eigenvalue weighted by molar-refractivity contribution is 6.10. The second-order valence-electron chi connectivity index (χ2n) is 5.28. The van der Waals surface area contributed by atoms with Crippen LogP contribution in [-0.4, -0.2) is 34.3 Å². The van der Waals surface area contributed by atoms with E-state index >= 15 is 0 Å². The third-order valence-corrected chi connectivity index (χ3v) is 3.73. The van der Waals surface area contributed by atoms with Gasteiger partial charge in [0.25, 0.3) is 5.91 Å². The molecule has 0 aliphatic heterocycles. The van der Waals surface area contributed by atoms with E-state index in [9.17, 15) is 10.1 Å². The average Bonchev–Trinajstić information content (AvgIpc) is 2.71. The number of hydrogen-bond acceptors (Lipinski definition) is 6. The quantitative estimate of drug-likeness (QED) is 0.596. The lowest BCUT2D eigenvalue weighted by molar-refractivity contribution is -0.112. The lowest BCUT2D eigenvalue weighted by Gasteiger charge is -2.14. The van der Waals surface area contributed by atoms with Gasteiger partial charge in [-0.3, -0.25) is 4.79 Å². The van der Waals surface area contributed by atoms with Crippen LogP contribution in [0.25, 0.3) is 6.08 Å². The van der Waals surface area contributed by atoms with Gasteiger partial charge >= 0.3 is 0 Å². The minimum absolute atomic E-state index is 0.0941. The number of anilines is 1. The van der Waals surface area contributed by atoms with Crippen molar-refractivity contribution in [3.63, 3.8) is 0 Å². The number of nitrogens with one attached hydrogen (secondary N) is 1. The van der Waals surface area contributed by atoms with E-state index in [1.54, 1.807) is 36.4 Å². The van der Waals surface area contributed by atoms with Gasteiger partial charge in [-0.2, -0.15) is 5.26 Å². The Morgan fingerprint density at radius 1 is 1.00 bits per heavy atom. The van der Waals surface area contributed by atoms with Gasteiger partial charge in [-0.05, 0) is 30.3 Å². The minimum atomic E-state index is -0.553. The van der Waals surface area contributed by atoms with Crippen LogP contribution in [0.1, 0.15) is 5.56 Å². The first-order valence-electron chi connectivity index (χ1n) is 7.94. The van der Waals surface area contributed by atoms with E-state index in [4.69, 9.17) is 18.9 Å². The molecule has 7 heteroatoms. The molecule has 0 aromatic heterocycles. The molecule has 0 unspecified atom stereocenters. The van der Waals surface area contributed by atoms with Crippen LogP contribution in [0.4, 0.5) is 5.69 Å². The number of methoxy groups -OCH3 is 4. The molecular formula is C20H20N2O5. The number of benzene rings is 2. The Hall–Kier alpha value is -3.66. The summed E-state index contributed by atoms with van der Waals surface area (Å²) in [5.74, 6) is 1.25. The van der Waals surface area contributed by atoms with Crippen LogP contribution in [0.2, 0.25) is 0 Å². The number of carbonyl (C=O) groups is 1. The van der Waals surface area contributed by atoms with Crippen LogP contribution in [0, 0.1) is 11.3 Å². The standard InChI is InChI=1S/C20H20N2O5/c1-24-16-7-5-6-15(11-16)22-20(23)14(12-21)10-13-8-9-17(25-2)19(27-4)18(13)26-3/h5-11H,1-4H3,(H,22,23)/b14-10-. The van der Waals surface area contributed by atoms with Gasteiger partial charge in [-0.1, -0.05) is 6.07 Å². The summed E-state index contributed by atoms with van der Waals surface area (Å²) in [6.07, 6.45) is 1.43. The first-order valence-corrected chi connectivity index (χ1v) is 7.94. The number of amides is 1. The minimum Gasteiger partial charge on any atom is -0.497 e. The Morgan fingerprint density at radius 3 is 2.33 bits per heavy atom. The fourth-order valence-electron chi connectivity index (χ4n) is 2.44. The monoisotopic (exact) mass is 368 g/mol. The molecule has 1 amide bonds. The maximum Gasteiger partial charge on any atom is 0.266 e. The fraction of sp³-hybridized carbons (Fsp3) is 0.200. The summed E-state index contributed by atoms with van der Waals surface area (Å²) in [6.45, 7) is 0. The number of nitrogens with zero attached hydrogens (tertiary/aromatic N) is 1. The zero-order chi connectivity index (χ0) is 19.8. The lowest BCUT2D eigenvalue weighted by Crippen LogP contribution is -2.13. The molecule has 1 N–H and O–H groups in total. The SMILES string of the molecule is COc1cccc(NC(=O)/C(C#N)=C\c2ccc(OC)c(OC)c2OC)c1. The molecule has 0 saturated heterocycles. The van der Waals surface area contributed by atoms with Crippen molar-refractivity contribution < 1.29 is 23.7 Å². The van der Waals surface area contributed by atoms with Crippen molar-refractivity contribution in [2.24, 2.45) is 0 Å². The Kier molecular flexibility index (Phi) is 6.67. The van der Waals surface area contributed by atoms with E-state index in [0.29, 0.717) is 34.2 Å². The van der Waals surface area contributed by atoms with Crippen molar-refractivity contribution in [2.75, 3.05) is 33.8 Å². The highest BCUT2D eigenvalue weighted by atomic mass is 16.5. The van der Waals surface area contributed by atoms with Gasteiger partial charge in [-0.15, -0.1) is 0 Å². The topological polar surface area (TPSA) is 89.8 Å². The molecule has 7 nitrogen and oxygen atoms in total. The number of ether oxygens (including phenoxy) is 4. The van der Waals surface area contributed by atoms with Gasteiger partial charge in [0.15, 0.2) is 11.5 Å². The summed E-state index contributed by atoms with van der Waals surface area (Å²) in [5.41, 5.74) is 0.926. The predicted octanol–water partition coefficient (Wildman–Crippen LogP) is 3.27. The van der Waals surface area contributed by atoms with Crippen molar-refractivity contribution in [1.29, 1.82) is 5.26 Å². The average molecular weight is 368 g/mol. The van der Waals surface area contributed by atoms with Crippen LogP contribution in [-0.2, 0) is 4.79 Å². The molecule has 0 bridgehead atoms. The second kappa shape index (κ2) is 9.15. The molecule has 0 heterocycles. The molecule has 0 atom stereocenters. The van der Waals surface area contributed by atoms with Crippen LogP contribution in [0.5, 0.6) is 23.0 Å². The normalized spacial score (nSPS) is 10.6. The fourth-order valence-corrected chi connectivity index (χ4v) is 2.44. The van der Waals surface area contributed by atoms with Gasteiger partial charge in [0.05, 0.1) is 28.4 Å². The molecule has 0 fully saturated rings. The summed E-state index contributed by atoms with van der Waals surface area (Å²) in [7, 11) is 5.99. The molecule has 0 spiro atoms. The van der Waals surface area contributed by atoms with Crippen LogP contribution in [0.3, 0.4) is 0 Å². The second-order valence-corrected chi connectivity index (χ2v) is 5.28. The smallest absolute Gasteiger partial charge is 0.266 e. The number of hydrogen-bond donors (Lipinski definition) is 1. The maximum absolute atomic E-state index is 12.5. The van der Waals surface area contributed by atoms with Crippen molar-refractivity contribution >= 4 is 17.7 Å². The van der Waals surface area contributed by atoms with Crippen LogP contribution < -0.4 is 24.3 Å². The summed E-state index contributed by atoms with van der Waals surface area (Å²) < 4.78 is 21.1. The molecule has 27 heavy (non-hydrogen) atoms. The van der Waals surface area contributed by atoms with E-state index in [0.717, 1.165) is 0 Å². The number of carbonyl (C=O) groups excluding carboxylic acids is 1. The van der Waals surface area contributed by atoms with Crippen molar-refractivity contribution in [3.05, 3.63) is 47.5 Å². The van der Waals surface area contributed by atoms with Crippen LogP contribution >= 0.6 is 0 Å². The van der Waals surface area contributed by atoms with Crippen molar-refractivity contribution in [3.8, 4) is 29.1 Å². The highest BCUT2D eigenvalue weighted by Gasteiger charge is 2.17. The maximum atomic E-state index is 12.5. The summed E-state index contributed by atoms with van der Waals surface area (Å²) in [5, 5.41) is 12.1. The van der Waals surface area contributed by atoms with Gasteiger partial charge in [0, 0.05) is 17.3 Å². The van der Waals surface area contributed by atoms with Crippen molar-refractivity contribution in [1.82, 2.24) is 0 Å². The van der Waals surface area contributed by atoms with Gasteiger partial charge in [-0.25, -0.2) is 0 Å². The Labute approximate surface area is 157 Å². The van der Waals surface area contributed by atoms with Gasteiger partial charge < -0.3 is 24.3 Å². The predicted molar refractivity (Wildman–Crippen MR) is 101 cm³/mol. The zero-order valence-corrected chi connectivity index (χ0v) is 15.5. The van der Waals surface area contributed by atoms with E-state index in [2.05, 4.69) is 5.32 Å². The molecule has 2 rings (SSSR count). The largest absolute Gasteiger partial charge is 0.497 e.